The summed E-state index contributed by atoms with van der Waals surface area (Å²) in [6.07, 6.45) is -0.680. The molecule has 0 aliphatic carbocycles. The van der Waals surface area contributed by atoms with Crippen molar-refractivity contribution >= 4 is 11.6 Å². The number of hydrogen-bond donors (Lipinski definition) is 2. The topological polar surface area (TPSA) is 85.6 Å². The average Bonchev–Trinajstić information content (AvgIpc) is 2.53. The number of amides is 1. The molecule has 2 unspecified atom stereocenters. The molecule has 2 rings (SSSR count). The fourth-order valence-electron chi connectivity index (χ4n) is 2.49. The van der Waals surface area contributed by atoms with Crippen LogP contribution in [-0.2, 0) is 9.53 Å². The van der Waals surface area contributed by atoms with Crippen LogP contribution in [0.15, 0.2) is 18.2 Å². The summed E-state index contributed by atoms with van der Waals surface area (Å²) in [6, 6.07) is 6.74. The Hall–Kier alpha value is -2.10. The molecule has 6 heteroatoms. The van der Waals surface area contributed by atoms with Crippen molar-refractivity contribution in [1.29, 1.82) is 5.26 Å². The Morgan fingerprint density at radius 3 is 3.00 bits per heavy atom. The fourth-order valence-corrected chi connectivity index (χ4v) is 2.49. The minimum atomic E-state index is -0.680. The van der Waals surface area contributed by atoms with Crippen molar-refractivity contribution in [3.63, 3.8) is 0 Å². The molecule has 21 heavy (non-hydrogen) atoms. The Kier molecular flexibility index (Phi) is 4.78. The first-order valence-electron chi connectivity index (χ1n) is 6.86. The molecular formula is C15H19N3O3. The first-order valence-corrected chi connectivity index (χ1v) is 6.86. The van der Waals surface area contributed by atoms with E-state index in [0.29, 0.717) is 30.0 Å². The van der Waals surface area contributed by atoms with Crippen LogP contribution in [0, 0.1) is 11.3 Å². The van der Waals surface area contributed by atoms with Gasteiger partial charge in [0.15, 0.2) is 0 Å². The number of morpholine rings is 1. The quantitative estimate of drug-likeness (QED) is 0.849. The number of aliphatic hydroxyl groups is 1. The molecule has 1 aromatic rings. The average molecular weight is 289 g/mol. The van der Waals surface area contributed by atoms with Gasteiger partial charge < -0.3 is 20.1 Å². The highest BCUT2D eigenvalue weighted by molar-refractivity contribution is 5.86. The Bertz CT molecular complexity index is 566. The van der Waals surface area contributed by atoms with Gasteiger partial charge in [0.2, 0.25) is 5.91 Å². The Labute approximate surface area is 123 Å². The number of benzene rings is 1. The fraction of sp³-hybridized carbons (Fsp3) is 0.467. The predicted octanol–water partition coefficient (Wildman–Crippen LogP) is 0.563. The van der Waals surface area contributed by atoms with E-state index in [0.717, 1.165) is 0 Å². The van der Waals surface area contributed by atoms with Crippen molar-refractivity contribution < 1.29 is 14.6 Å². The van der Waals surface area contributed by atoms with Gasteiger partial charge in [-0.25, -0.2) is 0 Å². The zero-order valence-electron chi connectivity index (χ0n) is 12.2. The molecule has 112 valence electrons. The van der Waals surface area contributed by atoms with Crippen molar-refractivity contribution in [2.45, 2.75) is 19.1 Å². The van der Waals surface area contributed by atoms with E-state index in [-0.39, 0.29) is 12.5 Å². The third kappa shape index (κ3) is 3.15. The Morgan fingerprint density at radius 1 is 1.62 bits per heavy atom. The molecule has 0 radical (unpaired) electrons. The number of carbonyl (C=O) groups excluding carboxylic acids is 1. The molecule has 1 fully saturated rings. The van der Waals surface area contributed by atoms with Crippen molar-refractivity contribution in [3.8, 4) is 6.07 Å². The van der Waals surface area contributed by atoms with E-state index < -0.39 is 12.1 Å². The van der Waals surface area contributed by atoms with Gasteiger partial charge >= 0.3 is 0 Å². The number of hydrogen-bond acceptors (Lipinski definition) is 5. The molecular weight excluding hydrogens is 270 g/mol. The zero-order valence-corrected chi connectivity index (χ0v) is 12.2. The van der Waals surface area contributed by atoms with Gasteiger partial charge in [-0.3, -0.25) is 4.79 Å². The van der Waals surface area contributed by atoms with Gasteiger partial charge in [-0.1, -0.05) is 6.07 Å². The Morgan fingerprint density at radius 2 is 2.38 bits per heavy atom. The van der Waals surface area contributed by atoms with Crippen LogP contribution in [0.5, 0.6) is 0 Å². The predicted molar refractivity (Wildman–Crippen MR) is 77.8 cm³/mol. The number of aliphatic hydroxyl groups excluding tert-OH is 1. The van der Waals surface area contributed by atoms with E-state index in [2.05, 4.69) is 11.4 Å². The van der Waals surface area contributed by atoms with E-state index in [1.165, 1.54) is 0 Å². The van der Waals surface area contributed by atoms with Gasteiger partial charge in [-0.05, 0) is 19.1 Å². The largest absolute Gasteiger partial charge is 0.389 e. The number of nitrogens with one attached hydrogen (secondary N) is 1. The lowest BCUT2D eigenvalue weighted by Crippen LogP contribution is -2.53. The molecule has 0 aromatic heterocycles. The summed E-state index contributed by atoms with van der Waals surface area (Å²) < 4.78 is 5.38. The van der Waals surface area contributed by atoms with Crippen LogP contribution in [0.2, 0.25) is 0 Å². The normalized spacial score (nSPS) is 19.7. The minimum absolute atomic E-state index is 0.145. The molecule has 1 aliphatic heterocycles. The van der Waals surface area contributed by atoms with Crippen LogP contribution < -0.4 is 10.2 Å². The van der Waals surface area contributed by atoms with Gasteiger partial charge in [-0.2, -0.15) is 5.26 Å². The zero-order chi connectivity index (χ0) is 15.4. The maximum Gasteiger partial charge on any atom is 0.244 e. The molecule has 1 saturated heterocycles. The second-order valence-corrected chi connectivity index (χ2v) is 4.96. The first kappa shape index (κ1) is 15.3. The van der Waals surface area contributed by atoms with E-state index in [1.54, 1.807) is 32.2 Å². The molecule has 0 bridgehead atoms. The number of nitriles is 1. The first-order chi connectivity index (χ1) is 10.1. The standard InChI is InChI=1S/C15H19N3O3/c1-10(19)12-4-3-11(8-16)7-13(12)18-5-6-21-9-14(18)15(20)17-2/h3-4,7,10,14,19H,5-6,9H2,1-2H3,(H,17,20). The molecule has 1 amide bonds. The number of rotatable bonds is 3. The van der Waals surface area contributed by atoms with Crippen LogP contribution in [-0.4, -0.2) is 43.9 Å². The van der Waals surface area contributed by atoms with E-state index in [1.807, 2.05) is 4.90 Å². The molecule has 2 N–H and O–H groups in total. The maximum absolute atomic E-state index is 12.0. The van der Waals surface area contributed by atoms with Gasteiger partial charge in [0.25, 0.3) is 0 Å². The summed E-state index contributed by atoms with van der Waals surface area (Å²) in [6.45, 7) is 2.99. The number of anilines is 1. The maximum atomic E-state index is 12.0. The highest BCUT2D eigenvalue weighted by atomic mass is 16.5. The van der Waals surface area contributed by atoms with Crippen LogP contribution in [0.1, 0.15) is 24.2 Å². The number of ether oxygens (including phenoxy) is 1. The van der Waals surface area contributed by atoms with Crippen LogP contribution >= 0.6 is 0 Å². The summed E-state index contributed by atoms with van der Waals surface area (Å²) in [5, 5.41) is 21.6. The monoisotopic (exact) mass is 289 g/mol. The molecule has 0 saturated carbocycles. The third-order valence-corrected chi connectivity index (χ3v) is 3.60. The van der Waals surface area contributed by atoms with E-state index >= 15 is 0 Å². The smallest absolute Gasteiger partial charge is 0.244 e. The van der Waals surface area contributed by atoms with E-state index in [4.69, 9.17) is 10.00 Å². The summed E-state index contributed by atoms with van der Waals surface area (Å²) in [5.74, 6) is -0.145. The molecule has 1 aliphatic rings. The summed E-state index contributed by atoms with van der Waals surface area (Å²) in [4.78, 5) is 13.9. The van der Waals surface area contributed by atoms with Crippen molar-refractivity contribution in [2.75, 3.05) is 31.7 Å². The SMILES string of the molecule is CNC(=O)C1COCCN1c1cc(C#N)ccc1C(C)O. The lowest BCUT2D eigenvalue weighted by atomic mass is 10.0. The summed E-state index contributed by atoms with van der Waals surface area (Å²) >= 11 is 0. The number of carbonyl (C=O) groups is 1. The molecule has 6 nitrogen and oxygen atoms in total. The number of likely N-dealkylation sites (N-methyl/N-ethyl adjacent to an activating group) is 1. The van der Waals surface area contributed by atoms with Crippen molar-refractivity contribution in [2.24, 2.45) is 0 Å². The molecule has 2 atom stereocenters. The number of nitrogens with zero attached hydrogens (tertiary/aromatic N) is 2. The highest BCUT2D eigenvalue weighted by Gasteiger charge is 2.31. The second kappa shape index (κ2) is 6.57. The lowest BCUT2D eigenvalue weighted by molar-refractivity contribution is -0.124. The Balaban J connectivity index is 2.46. The van der Waals surface area contributed by atoms with Crippen molar-refractivity contribution in [3.05, 3.63) is 29.3 Å². The van der Waals surface area contributed by atoms with Gasteiger partial charge in [0, 0.05) is 24.8 Å². The van der Waals surface area contributed by atoms with Gasteiger partial charge in [0.1, 0.15) is 6.04 Å². The van der Waals surface area contributed by atoms with Gasteiger partial charge in [0.05, 0.1) is 31.0 Å². The highest BCUT2D eigenvalue weighted by Crippen LogP contribution is 2.30. The van der Waals surface area contributed by atoms with Gasteiger partial charge in [-0.15, -0.1) is 0 Å². The van der Waals surface area contributed by atoms with E-state index in [9.17, 15) is 9.90 Å². The molecule has 0 spiro atoms. The summed E-state index contributed by atoms with van der Waals surface area (Å²) in [5.41, 5.74) is 1.90. The van der Waals surface area contributed by atoms with Crippen LogP contribution in [0.4, 0.5) is 5.69 Å². The minimum Gasteiger partial charge on any atom is -0.389 e. The molecule has 1 heterocycles. The lowest BCUT2D eigenvalue weighted by Gasteiger charge is -2.37. The summed E-state index contributed by atoms with van der Waals surface area (Å²) in [7, 11) is 1.58. The van der Waals surface area contributed by atoms with Crippen LogP contribution in [0.3, 0.4) is 0 Å². The molecule has 1 aromatic carbocycles. The van der Waals surface area contributed by atoms with Crippen LogP contribution in [0.25, 0.3) is 0 Å². The second-order valence-electron chi connectivity index (χ2n) is 4.96. The van der Waals surface area contributed by atoms with Crippen molar-refractivity contribution in [1.82, 2.24) is 5.32 Å². The third-order valence-electron chi connectivity index (χ3n) is 3.60.